The van der Waals surface area contributed by atoms with Gasteiger partial charge in [0.15, 0.2) is 0 Å². The van der Waals surface area contributed by atoms with Crippen LogP contribution in [0.25, 0.3) is 0 Å². The molecule has 1 fully saturated rings. The Morgan fingerprint density at radius 2 is 1.96 bits per heavy atom. The summed E-state index contributed by atoms with van der Waals surface area (Å²) < 4.78 is 39.2. The van der Waals surface area contributed by atoms with Crippen LogP contribution >= 0.6 is 0 Å². The van der Waals surface area contributed by atoms with Crippen molar-refractivity contribution in [3.8, 4) is 0 Å². The van der Waals surface area contributed by atoms with Gasteiger partial charge in [-0.25, -0.2) is 17.5 Å². The summed E-state index contributed by atoms with van der Waals surface area (Å²) in [4.78, 5) is 12.1. The maximum absolute atomic E-state index is 14.1. The second kappa shape index (κ2) is 7.88. The molecule has 0 radical (unpaired) electrons. The van der Waals surface area contributed by atoms with Crippen LogP contribution in [-0.4, -0.2) is 26.6 Å². The summed E-state index contributed by atoms with van der Waals surface area (Å²) in [6.45, 7) is 1.18. The van der Waals surface area contributed by atoms with Crippen molar-refractivity contribution in [3.63, 3.8) is 0 Å². The van der Waals surface area contributed by atoms with Crippen molar-refractivity contribution >= 4 is 15.9 Å². The highest BCUT2D eigenvalue weighted by molar-refractivity contribution is 7.89. The third kappa shape index (κ3) is 5.00. The lowest BCUT2D eigenvalue weighted by molar-refractivity contribution is -0.121. The molecule has 0 bridgehead atoms. The maximum atomic E-state index is 14.1. The van der Waals surface area contributed by atoms with Gasteiger partial charge in [-0.15, -0.1) is 0 Å². The zero-order valence-corrected chi connectivity index (χ0v) is 14.0. The average molecular weight is 342 g/mol. The standard InChI is InChI=1S/C16H23FN2O3S/c1-2-23(21,22)18-11-15(20)19-16(12-7-3-4-8-12)13-9-5-6-10-14(13)17/h5-6,9-10,12,16,18H,2-4,7-8,11H2,1H3,(H,19,20)/t16-/m1/s1. The predicted molar refractivity (Wildman–Crippen MR) is 86.7 cm³/mol. The minimum absolute atomic E-state index is 0.0837. The topological polar surface area (TPSA) is 75.3 Å². The van der Waals surface area contributed by atoms with Gasteiger partial charge in [0.05, 0.1) is 18.3 Å². The first-order chi connectivity index (χ1) is 10.9. The molecule has 2 N–H and O–H groups in total. The van der Waals surface area contributed by atoms with E-state index in [2.05, 4.69) is 10.0 Å². The molecule has 1 aliphatic rings. The lowest BCUT2D eigenvalue weighted by atomic mass is 9.91. The highest BCUT2D eigenvalue weighted by Gasteiger charge is 2.29. The number of carbonyl (C=O) groups is 1. The molecule has 1 aromatic carbocycles. The molecule has 0 heterocycles. The minimum Gasteiger partial charge on any atom is -0.348 e. The Balaban J connectivity index is 2.09. The van der Waals surface area contributed by atoms with Crippen LogP contribution in [0.3, 0.4) is 0 Å². The van der Waals surface area contributed by atoms with Crippen molar-refractivity contribution in [2.75, 3.05) is 12.3 Å². The highest BCUT2D eigenvalue weighted by atomic mass is 32.2. The third-order valence-electron chi connectivity index (χ3n) is 4.26. The molecule has 7 heteroatoms. The Bertz CT molecular complexity index is 642. The van der Waals surface area contributed by atoms with E-state index in [1.807, 2.05) is 0 Å². The van der Waals surface area contributed by atoms with Crippen LogP contribution in [0.1, 0.15) is 44.2 Å². The number of sulfonamides is 1. The zero-order valence-electron chi connectivity index (χ0n) is 13.2. The molecule has 1 saturated carbocycles. The Morgan fingerprint density at radius 1 is 1.30 bits per heavy atom. The van der Waals surface area contributed by atoms with Crippen LogP contribution in [0.15, 0.2) is 24.3 Å². The molecule has 128 valence electrons. The van der Waals surface area contributed by atoms with Crippen molar-refractivity contribution in [1.29, 1.82) is 0 Å². The van der Waals surface area contributed by atoms with Gasteiger partial charge in [0, 0.05) is 5.56 Å². The summed E-state index contributed by atoms with van der Waals surface area (Å²) >= 11 is 0. The number of amides is 1. The summed E-state index contributed by atoms with van der Waals surface area (Å²) in [5, 5.41) is 2.81. The largest absolute Gasteiger partial charge is 0.348 e. The summed E-state index contributed by atoms with van der Waals surface area (Å²) in [6, 6.07) is 5.99. The summed E-state index contributed by atoms with van der Waals surface area (Å²) in [5.74, 6) is -0.695. The molecule has 0 spiro atoms. The van der Waals surface area contributed by atoms with Crippen LogP contribution in [0.4, 0.5) is 4.39 Å². The average Bonchev–Trinajstić information content (AvgIpc) is 3.06. The Morgan fingerprint density at radius 3 is 2.57 bits per heavy atom. The van der Waals surface area contributed by atoms with E-state index < -0.39 is 22.0 Å². The number of nitrogens with one attached hydrogen (secondary N) is 2. The van der Waals surface area contributed by atoms with Crippen molar-refractivity contribution in [3.05, 3.63) is 35.6 Å². The molecule has 23 heavy (non-hydrogen) atoms. The molecule has 0 saturated heterocycles. The highest BCUT2D eigenvalue weighted by Crippen LogP contribution is 2.36. The SMILES string of the molecule is CCS(=O)(=O)NCC(=O)N[C@@H](c1ccccc1F)C1CCCC1. The van der Waals surface area contributed by atoms with E-state index in [4.69, 9.17) is 0 Å². The van der Waals surface area contributed by atoms with Crippen molar-refractivity contribution in [2.45, 2.75) is 38.6 Å². The van der Waals surface area contributed by atoms with Gasteiger partial charge in [0.1, 0.15) is 5.82 Å². The van der Waals surface area contributed by atoms with E-state index in [9.17, 15) is 17.6 Å². The van der Waals surface area contributed by atoms with Gasteiger partial charge >= 0.3 is 0 Å². The van der Waals surface area contributed by atoms with E-state index >= 15 is 0 Å². The zero-order chi connectivity index (χ0) is 16.9. The van der Waals surface area contributed by atoms with Gasteiger partial charge in [-0.1, -0.05) is 31.0 Å². The summed E-state index contributed by atoms with van der Waals surface area (Å²) in [5.41, 5.74) is 0.464. The maximum Gasteiger partial charge on any atom is 0.235 e. The molecular formula is C16H23FN2O3S. The van der Waals surface area contributed by atoms with E-state index in [0.29, 0.717) is 5.56 Å². The quantitative estimate of drug-likeness (QED) is 0.797. The first kappa shape index (κ1) is 17.9. The normalized spacial score (nSPS) is 17.1. The van der Waals surface area contributed by atoms with E-state index in [-0.39, 0.29) is 24.0 Å². The lowest BCUT2D eigenvalue weighted by Crippen LogP contribution is -2.41. The molecule has 2 rings (SSSR count). The Kier molecular flexibility index (Phi) is 6.12. The first-order valence-corrected chi connectivity index (χ1v) is 9.59. The molecule has 0 aromatic heterocycles. The summed E-state index contributed by atoms with van der Waals surface area (Å²) in [6.07, 6.45) is 3.99. The number of hydrogen-bond acceptors (Lipinski definition) is 3. The smallest absolute Gasteiger partial charge is 0.235 e. The van der Waals surface area contributed by atoms with Crippen molar-refractivity contribution in [1.82, 2.24) is 10.0 Å². The molecular weight excluding hydrogens is 319 g/mol. The third-order valence-corrected chi connectivity index (χ3v) is 5.60. The number of rotatable bonds is 7. The van der Waals surface area contributed by atoms with Gasteiger partial charge in [-0.05, 0) is 31.7 Å². The van der Waals surface area contributed by atoms with Crippen LogP contribution in [0.2, 0.25) is 0 Å². The first-order valence-electron chi connectivity index (χ1n) is 7.94. The minimum atomic E-state index is -3.43. The second-order valence-electron chi connectivity index (χ2n) is 5.84. The fourth-order valence-corrected chi connectivity index (χ4v) is 3.52. The van der Waals surface area contributed by atoms with Crippen LogP contribution < -0.4 is 10.0 Å². The van der Waals surface area contributed by atoms with Crippen LogP contribution in [0, 0.1) is 11.7 Å². The van der Waals surface area contributed by atoms with Crippen LogP contribution in [-0.2, 0) is 14.8 Å². The number of hydrogen-bond donors (Lipinski definition) is 2. The van der Waals surface area contributed by atoms with Gasteiger partial charge in [-0.3, -0.25) is 4.79 Å². The van der Waals surface area contributed by atoms with Crippen molar-refractivity contribution in [2.24, 2.45) is 5.92 Å². The van der Waals surface area contributed by atoms with Crippen LogP contribution in [0.5, 0.6) is 0 Å². The van der Waals surface area contributed by atoms with Gasteiger partial charge < -0.3 is 5.32 Å². The van der Waals surface area contributed by atoms with Gasteiger partial charge in [0.25, 0.3) is 0 Å². The van der Waals surface area contributed by atoms with Crippen molar-refractivity contribution < 1.29 is 17.6 Å². The molecule has 1 amide bonds. The fourth-order valence-electron chi connectivity index (χ4n) is 2.97. The lowest BCUT2D eigenvalue weighted by Gasteiger charge is -2.25. The Labute approximate surface area is 136 Å². The summed E-state index contributed by atoms with van der Waals surface area (Å²) in [7, 11) is -3.43. The van der Waals surface area contributed by atoms with E-state index in [1.54, 1.807) is 18.2 Å². The Hall–Kier alpha value is -1.47. The number of halogens is 1. The molecule has 0 aliphatic heterocycles. The van der Waals surface area contributed by atoms with E-state index in [1.165, 1.54) is 13.0 Å². The number of carbonyl (C=O) groups excluding carboxylic acids is 1. The molecule has 0 unspecified atom stereocenters. The predicted octanol–water partition coefficient (Wildman–Crippen LogP) is 2.11. The second-order valence-corrected chi connectivity index (χ2v) is 7.93. The van der Waals surface area contributed by atoms with Gasteiger partial charge in [0.2, 0.25) is 15.9 Å². The van der Waals surface area contributed by atoms with Gasteiger partial charge in [-0.2, -0.15) is 0 Å². The monoisotopic (exact) mass is 342 g/mol. The fraction of sp³-hybridized carbons (Fsp3) is 0.562. The van der Waals surface area contributed by atoms with E-state index in [0.717, 1.165) is 25.7 Å². The molecule has 5 nitrogen and oxygen atoms in total. The molecule has 1 aliphatic carbocycles. The molecule has 1 aromatic rings. The molecule has 1 atom stereocenters. The number of benzene rings is 1.